The molecule has 1 aliphatic carbocycles. The lowest BCUT2D eigenvalue weighted by Crippen LogP contribution is -2.29. The number of pyridine rings is 1. The Morgan fingerprint density at radius 1 is 1.20 bits per heavy atom. The number of Topliss-reactive ketones (excluding diaryl/α,β-unsaturated/α-hetero) is 1. The monoisotopic (exact) mass is 336 g/mol. The number of hydrogen-bond donors (Lipinski definition) is 1. The number of ether oxygens (including phenoxy) is 1. The van der Waals surface area contributed by atoms with Crippen LogP contribution in [0.15, 0.2) is 30.6 Å². The van der Waals surface area contributed by atoms with E-state index in [0.29, 0.717) is 28.8 Å². The summed E-state index contributed by atoms with van der Waals surface area (Å²) >= 11 is 0. The first-order chi connectivity index (χ1) is 11.9. The molecule has 6 heteroatoms. The second kappa shape index (κ2) is 5.31. The molecule has 2 heterocycles. The minimum Gasteiger partial charge on any atom is -0.497 e. The van der Waals surface area contributed by atoms with E-state index in [1.807, 2.05) is 28.8 Å². The molecule has 6 nitrogen and oxygen atoms in total. The smallest absolute Gasteiger partial charge is 0.167 e. The standard InChI is InChI=1S/C19H20N4O2/c1-19(2)8-13-15(14(24)9-19)16(20)17-18(22-13)23(10-21-17)11-4-6-12(25-3)7-5-11/h4-7,10H,8-9H2,1-3H3,(H2,20,22). The fraction of sp³-hybridized carbons (Fsp3) is 0.316. The molecule has 0 atom stereocenters. The Hall–Kier alpha value is -2.89. The topological polar surface area (TPSA) is 83.0 Å². The molecule has 4 rings (SSSR count). The number of anilines is 1. The van der Waals surface area contributed by atoms with Crippen LogP contribution in [-0.4, -0.2) is 27.4 Å². The summed E-state index contributed by atoms with van der Waals surface area (Å²) in [6.07, 6.45) is 2.90. The molecular weight excluding hydrogens is 316 g/mol. The maximum atomic E-state index is 12.5. The van der Waals surface area contributed by atoms with Crippen LogP contribution in [-0.2, 0) is 6.42 Å². The molecule has 2 aromatic heterocycles. The highest BCUT2D eigenvalue weighted by atomic mass is 16.5. The van der Waals surface area contributed by atoms with Gasteiger partial charge in [-0.2, -0.15) is 0 Å². The second-order valence-corrected chi connectivity index (χ2v) is 7.27. The third kappa shape index (κ3) is 2.45. The first-order valence-electron chi connectivity index (χ1n) is 8.23. The first kappa shape index (κ1) is 15.6. The summed E-state index contributed by atoms with van der Waals surface area (Å²) in [5.41, 5.74) is 10.1. The van der Waals surface area contributed by atoms with Crippen LogP contribution in [0, 0.1) is 5.41 Å². The number of benzene rings is 1. The summed E-state index contributed by atoms with van der Waals surface area (Å²) in [4.78, 5) is 21.7. The van der Waals surface area contributed by atoms with E-state index in [9.17, 15) is 4.79 Å². The Bertz CT molecular complexity index is 987. The van der Waals surface area contributed by atoms with E-state index in [-0.39, 0.29) is 11.2 Å². The van der Waals surface area contributed by atoms with Gasteiger partial charge in [-0.25, -0.2) is 9.97 Å². The van der Waals surface area contributed by atoms with Crippen molar-refractivity contribution >= 4 is 22.6 Å². The van der Waals surface area contributed by atoms with E-state index in [1.165, 1.54) is 0 Å². The van der Waals surface area contributed by atoms with Crippen LogP contribution >= 0.6 is 0 Å². The number of fused-ring (bicyclic) bond motifs is 2. The van der Waals surface area contributed by atoms with Gasteiger partial charge in [-0.1, -0.05) is 13.8 Å². The van der Waals surface area contributed by atoms with Crippen LogP contribution in [0.4, 0.5) is 5.69 Å². The lowest BCUT2D eigenvalue weighted by molar-refractivity contribution is 0.0911. The molecule has 0 saturated carbocycles. The number of aromatic nitrogens is 3. The molecule has 0 saturated heterocycles. The molecule has 0 unspecified atom stereocenters. The average Bonchev–Trinajstić information content (AvgIpc) is 2.97. The molecular formula is C19H20N4O2. The summed E-state index contributed by atoms with van der Waals surface area (Å²) in [5, 5.41) is 0. The Morgan fingerprint density at radius 2 is 1.92 bits per heavy atom. The lowest BCUT2D eigenvalue weighted by atomic mass is 9.75. The van der Waals surface area contributed by atoms with Crippen LogP contribution in [0.2, 0.25) is 0 Å². The number of carbonyl (C=O) groups is 1. The number of nitrogens with zero attached hydrogens (tertiary/aromatic N) is 3. The molecule has 1 aromatic carbocycles. The van der Waals surface area contributed by atoms with E-state index in [1.54, 1.807) is 13.4 Å². The minimum atomic E-state index is -0.109. The lowest BCUT2D eigenvalue weighted by Gasteiger charge is -2.30. The molecule has 0 fully saturated rings. The van der Waals surface area contributed by atoms with Crippen LogP contribution in [0.5, 0.6) is 5.75 Å². The number of methoxy groups -OCH3 is 1. The predicted molar refractivity (Wildman–Crippen MR) is 96.3 cm³/mol. The summed E-state index contributed by atoms with van der Waals surface area (Å²) in [5.74, 6) is 0.836. The molecule has 0 spiro atoms. The quantitative estimate of drug-likeness (QED) is 0.777. The van der Waals surface area contributed by atoms with Gasteiger partial charge in [0.05, 0.1) is 24.1 Å². The Balaban J connectivity index is 1.92. The summed E-state index contributed by atoms with van der Waals surface area (Å²) in [7, 11) is 1.63. The van der Waals surface area contributed by atoms with Crippen molar-refractivity contribution in [3.05, 3.63) is 41.9 Å². The summed E-state index contributed by atoms with van der Waals surface area (Å²) in [6, 6.07) is 7.64. The van der Waals surface area contributed by atoms with Crippen molar-refractivity contribution in [2.24, 2.45) is 5.41 Å². The minimum absolute atomic E-state index is 0.0529. The molecule has 0 bridgehead atoms. The van der Waals surface area contributed by atoms with Gasteiger partial charge in [-0.05, 0) is 36.1 Å². The maximum absolute atomic E-state index is 12.5. The fourth-order valence-corrected chi connectivity index (χ4v) is 3.51. The normalized spacial score (nSPS) is 16.0. The predicted octanol–water partition coefficient (Wildman–Crippen LogP) is 3.17. The number of hydrogen-bond acceptors (Lipinski definition) is 5. The number of nitrogen functional groups attached to an aromatic ring is 1. The first-order valence-corrected chi connectivity index (χ1v) is 8.23. The zero-order valence-electron chi connectivity index (χ0n) is 14.5. The van der Waals surface area contributed by atoms with Crippen molar-refractivity contribution in [1.29, 1.82) is 0 Å². The van der Waals surface area contributed by atoms with E-state index < -0.39 is 0 Å². The van der Waals surface area contributed by atoms with Gasteiger partial charge >= 0.3 is 0 Å². The Morgan fingerprint density at radius 3 is 2.60 bits per heavy atom. The third-order valence-electron chi connectivity index (χ3n) is 4.71. The highest BCUT2D eigenvalue weighted by molar-refractivity contribution is 6.08. The third-order valence-corrected chi connectivity index (χ3v) is 4.71. The van der Waals surface area contributed by atoms with Crippen LogP contribution in [0.25, 0.3) is 16.9 Å². The van der Waals surface area contributed by atoms with Crippen molar-refractivity contribution in [3.8, 4) is 11.4 Å². The molecule has 25 heavy (non-hydrogen) atoms. The molecule has 2 N–H and O–H groups in total. The fourth-order valence-electron chi connectivity index (χ4n) is 3.51. The van der Waals surface area contributed by atoms with Crippen molar-refractivity contribution in [2.75, 3.05) is 12.8 Å². The van der Waals surface area contributed by atoms with E-state index in [0.717, 1.165) is 23.6 Å². The Kier molecular flexibility index (Phi) is 3.32. The molecule has 0 amide bonds. The molecule has 1 aliphatic rings. The van der Waals surface area contributed by atoms with Crippen molar-refractivity contribution in [1.82, 2.24) is 14.5 Å². The molecule has 128 valence electrons. The van der Waals surface area contributed by atoms with Crippen molar-refractivity contribution in [2.45, 2.75) is 26.7 Å². The zero-order chi connectivity index (χ0) is 17.8. The van der Waals surface area contributed by atoms with Gasteiger partial charge in [0.1, 0.15) is 17.6 Å². The maximum Gasteiger partial charge on any atom is 0.167 e. The van der Waals surface area contributed by atoms with Gasteiger partial charge in [0, 0.05) is 12.1 Å². The second-order valence-electron chi connectivity index (χ2n) is 7.27. The van der Waals surface area contributed by atoms with E-state index >= 15 is 0 Å². The van der Waals surface area contributed by atoms with Crippen molar-refractivity contribution < 1.29 is 9.53 Å². The molecule has 0 radical (unpaired) electrons. The van der Waals surface area contributed by atoms with Crippen LogP contribution in [0.3, 0.4) is 0 Å². The van der Waals surface area contributed by atoms with Gasteiger partial charge in [0.15, 0.2) is 11.4 Å². The van der Waals surface area contributed by atoms with E-state index in [2.05, 4.69) is 18.8 Å². The number of imidazole rings is 1. The van der Waals surface area contributed by atoms with Crippen LogP contribution in [0.1, 0.15) is 36.3 Å². The van der Waals surface area contributed by atoms with Gasteiger partial charge in [0.2, 0.25) is 0 Å². The number of nitrogens with two attached hydrogens (primary N) is 1. The van der Waals surface area contributed by atoms with Gasteiger partial charge in [0.25, 0.3) is 0 Å². The number of rotatable bonds is 2. The largest absolute Gasteiger partial charge is 0.497 e. The van der Waals surface area contributed by atoms with Crippen LogP contribution < -0.4 is 10.5 Å². The zero-order valence-corrected chi connectivity index (χ0v) is 14.5. The van der Waals surface area contributed by atoms with Gasteiger partial charge in [-0.3, -0.25) is 9.36 Å². The molecule has 3 aromatic rings. The number of ketones is 1. The van der Waals surface area contributed by atoms with Gasteiger partial charge < -0.3 is 10.5 Å². The summed E-state index contributed by atoms with van der Waals surface area (Å²) < 4.78 is 7.09. The average molecular weight is 336 g/mol. The Labute approximate surface area is 145 Å². The molecule has 0 aliphatic heterocycles. The highest BCUT2D eigenvalue weighted by Gasteiger charge is 2.34. The SMILES string of the molecule is COc1ccc(-n2cnc3c(N)c4c(nc32)CC(C)(C)CC4=O)cc1. The van der Waals surface area contributed by atoms with E-state index in [4.69, 9.17) is 15.5 Å². The number of carbonyl (C=O) groups excluding carboxylic acids is 1. The summed E-state index contributed by atoms with van der Waals surface area (Å²) in [6.45, 7) is 4.16. The van der Waals surface area contributed by atoms with Crippen molar-refractivity contribution in [3.63, 3.8) is 0 Å². The highest BCUT2D eigenvalue weighted by Crippen LogP contribution is 2.38. The van der Waals surface area contributed by atoms with Gasteiger partial charge in [-0.15, -0.1) is 0 Å².